The number of β-amino-alcohol motifs (C(OH)–C–C–N with tert-alkyl or cyclic N) is 1. The number of aliphatic hydroxyl groups excluding tert-OH is 1. The van der Waals surface area contributed by atoms with Crippen LogP contribution in [0.1, 0.15) is 12.0 Å². The largest absolute Gasteiger partial charge is 0.480 e. The average molecular weight is 357 g/mol. The Bertz CT molecular complexity index is 552. The van der Waals surface area contributed by atoms with Gasteiger partial charge >= 0.3 is 12.0 Å². The molecule has 7 heteroatoms. The topological polar surface area (TPSA) is 81.1 Å². The van der Waals surface area contributed by atoms with Crippen molar-refractivity contribution < 1.29 is 19.8 Å². The van der Waals surface area contributed by atoms with Crippen LogP contribution in [0, 0.1) is 0 Å². The third-order valence-electron chi connectivity index (χ3n) is 3.45. The number of benzene rings is 1. The predicted octanol–water partition coefficient (Wildman–Crippen LogP) is 1.52. The van der Waals surface area contributed by atoms with Crippen molar-refractivity contribution in [2.45, 2.75) is 25.1 Å². The number of likely N-dealkylation sites (tertiary alicyclic amines) is 1. The molecule has 2 N–H and O–H groups in total. The lowest BCUT2D eigenvalue weighted by Gasteiger charge is -2.27. The van der Waals surface area contributed by atoms with Crippen LogP contribution in [0.3, 0.4) is 0 Å². The average Bonchev–Trinajstić information content (AvgIpc) is 2.80. The van der Waals surface area contributed by atoms with E-state index in [9.17, 15) is 14.7 Å². The molecule has 2 amide bonds. The highest BCUT2D eigenvalue weighted by Crippen LogP contribution is 2.21. The van der Waals surface area contributed by atoms with Crippen LogP contribution in [0.4, 0.5) is 4.79 Å². The maximum absolute atomic E-state index is 12.4. The number of carboxylic acid groups (broad SMARTS) is 1. The van der Waals surface area contributed by atoms with E-state index >= 15 is 0 Å². The monoisotopic (exact) mass is 356 g/mol. The molecule has 0 aromatic heterocycles. The van der Waals surface area contributed by atoms with Crippen LogP contribution >= 0.6 is 15.9 Å². The van der Waals surface area contributed by atoms with E-state index in [0.29, 0.717) is 6.54 Å². The number of aliphatic carboxylic acids is 1. The summed E-state index contributed by atoms with van der Waals surface area (Å²) in [6.07, 6.45) is -0.708. The quantitative estimate of drug-likeness (QED) is 0.860. The molecule has 0 bridgehead atoms. The summed E-state index contributed by atoms with van der Waals surface area (Å²) in [5.41, 5.74) is 0.937. The Morgan fingerprint density at radius 1 is 1.48 bits per heavy atom. The van der Waals surface area contributed by atoms with Crippen molar-refractivity contribution in [2.75, 3.05) is 13.6 Å². The van der Waals surface area contributed by atoms with Gasteiger partial charge < -0.3 is 20.0 Å². The second-order valence-corrected chi connectivity index (χ2v) is 6.08. The van der Waals surface area contributed by atoms with Crippen LogP contribution < -0.4 is 0 Å². The molecule has 0 spiro atoms. The minimum Gasteiger partial charge on any atom is -0.480 e. The number of aliphatic hydroxyl groups is 1. The fraction of sp³-hybridized carbons (Fsp3) is 0.429. The van der Waals surface area contributed by atoms with Crippen molar-refractivity contribution in [1.29, 1.82) is 0 Å². The van der Waals surface area contributed by atoms with Crippen molar-refractivity contribution in [3.63, 3.8) is 0 Å². The molecule has 1 aromatic carbocycles. The van der Waals surface area contributed by atoms with Gasteiger partial charge in [-0.1, -0.05) is 28.1 Å². The number of carboxylic acids is 1. The standard InChI is InChI=1S/C14H17BrN2O4/c1-16(7-9-3-2-4-10(15)5-9)14(21)17-8-11(18)6-12(17)13(19)20/h2-5,11-12,18H,6-8H2,1H3,(H,19,20)/t11-,12-/m0/s1. The summed E-state index contributed by atoms with van der Waals surface area (Å²) in [4.78, 5) is 26.2. The lowest BCUT2D eigenvalue weighted by Crippen LogP contribution is -2.46. The summed E-state index contributed by atoms with van der Waals surface area (Å²) in [6.45, 7) is 0.426. The highest BCUT2D eigenvalue weighted by molar-refractivity contribution is 9.10. The summed E-state index contributed by atoms with van der Waals surface area (Å²) < 4.78 is 0.917. The fourth-order valence-corrected chi connectivity index (χ4v) is 2.90. The van der Waals surface area contributed by atoms with E-state index in [2.05, 4.69) is 15.9 Å². The van der Waals surface area contributed by atoms with Gasteiger partial charge in [0.25, 0.3) is 0 Å². The number of hydrogen-bond acceptors (Lipinski definition) is 3. The number of nitrogens with zero attached hydrogens (tertiary/aromatic N) is 2. The van der Waals surface area contributed by atoms with Crippen molar-refractivity contribution >= 4 is 27.9 Å². The summed E-state index contributed by atoms with van der Waals surface area (Å²) in [5.74, 6) is -1.09. The predicted molar refractivity (Wildman–Crippen MR) is 79.8 cm³/mol. The van der Waals surface area contributed by atoms with Crippen LogP contribution in [0.15, 0.2) is 28.7 Å². The van der Waals surface area contributed by atoms with Gasteiger partial charge in [-0.05, 0) is 17.7 Å². The van der Waals surface area contributed by atoms with E-state index < -0.39 is 18.1 Å². The molecule has 6 nitrogen and oxygen atoms in total. The van der Waals surface area contributed by atoms with Gasteiger partial charge in [0.15, 0.2) is 0 Å². The summed E-state index contributed by atoms with van der Waals surface area (Å²) >= 11 is 3.37. The van der Waals surface area contributed by atoms with Gasteiger partial charge in [-0.2, -0.15) is 0 Å². The summed E-state index contributed by atoms with van der Waals surface area (Å²) in [7, 11) is 1.62. The van der Waals surface area contributed by atoms with Gasteiger partial charge in [-0.3, -0.25) is 0 Å². The number of urea groups is 1. The van der Waals surface area contributed by atoms with Gasteiger partial charge in [0.2, 0.25) is 0 Å². The van der Waals surface area contributed by atoms with Gasteiger partial charge in [-0.25, -0.2) is 9.59 Å². The van der Waals surface area contributed by atoms with Gasteiger partial charge in [0.1, 0.15) is 6.04 Å². The zero-order valence-corrected chi connectivity index (χ0v) is 13.2. The summed E-state index contributed by atoms with van der Waals surface area (Å²) in [5, 5.41) is 18.7. The van der Waals surface area contributed by atoms with Crippen molar-refractivity contribution in [3.05, 3.63) is 34.3 Å². The smallest absolute Gasteiger partial charge is 0.326 e. The first-order valence-corrected chi connectivity index (χ1v) is 7.35. The zero-order valence-electron chi connectivity index (χ0n) is 11.6. The highest BCUT2D eigenvalue weighted by Gasteiger charge is 2.39. The van der Waals surface area contributed by atoms with Crippen LogP contribution in [-0.2, 0) is 11.3 Å². The molecular formula is C14H17BrN2O4. The molecule has 1 aromatic rings. The first-order chi connectivity index (χ1) is 9.88. The molecule has 2 rings (SSSR count). The maximum Gasteiger partial charge on any atom is 0.326 e. The normalized spacial score (nSPS) is 21.4. The number of halogens is 1. The van der Waals surface area contributed by atoms with E-state index in [-0.39, 0.29) is 19.0 Å². The van der Waals surface area contributed by atoms with E-state index in [1.54, 1.807) is 7.05 Å². The Balaban J connectivity index is 2.06. The Morgan fingerprint density at radius 3 is 2.81 bits per heavy atom. The SMILES string of the molecule is CN(Cc1cccc(Br)c1)C(=O)N1C[C@@H](O)C[C@H]1C(=O)O. The molecule has 114 valence electrons. The fourth-order valence-electron chi connectivity index (χ4n) is 2.46. The molecule has 1 aliphatic heterocycles. The molecular weight excluding hydrogens is 340 g/mol. The van der Waals surface area contributed by atoms with Crippen molar-refractivity contribution in [1.82, 2.24) is 9.80 Å². The minimum atomic E-state index is -1.09. The van der Waals surface area contributed by atoms with Gasteiger partial charge in [-0.15, -0.1) is 0 Å². The van der Waals surface area contributed by atoms with Gasteiger partial charge in [0, 0.05) is 31.0 Å². The minimum absolute atomic E-state index is 0.0542. The molecule has 21 heavy (non-hydrogen) atoms. The van der Waals surface area contributed by atoms with Gasteiger partial charge in [0.05, 0.1) is 6.10 Å². The van der Waals surface area contributed by atoms with E-state index in [4.69, 9.17) is 5.11 Å². The molecule has 2 atom stereocenters. The Hall–Kier alpha value is -1.60. The Morgan fingerprint density at radius 2 is 2.19 bits per heavy atom. The molecule has 1 aliphatic rings. The summed E-state index contributed by atoms with van der Waals surface area (Å²) in [6, 6.07) is 6.20. The number of hydrogen-bond donors (Lipinski definition) is 2. The van der Waals surface area contributed by atoms with Crippen molar-refractivity contribution in [2.24, 2.45) is 0 Å². The second-order valence-electron chi connectivity index (χ2n) is 5.16. The molecule has 1 saturated heterocycles. The van der Waals surface area contributed by atoms with Crippen molar-refractivity contribution in [3.8, 4) is 0 Å². The number of rotatable bonds is 3. The van der Waals surface area contributed by atoms with Crippen LogP contribution in [0.2, 0.25) is 0 Å². The number of carbonyl (C=O) groups excluding carboxylic acids is 1. The second kappa shape index (κ2) is 6.44. The number of amides is 2. The maximum atomic E-state index is 12.4. The lowest BCUT2D eigenvalue weighted by atomic mass is 10.2. The third-order valence-corrected chi connectivity index (χ3v) is 3.94. The molecule has 0 unspecified atom stereocenters. The lowest BCUT2D eigenvalue weighted by molar-refractivity contribution is -0.141. The highest BCUT2D eigenvalue weighted by atomic mass is 79.9. The first kappa shape index (κ1) is 15.8. The van der Waals surface area contributed by atoms with E-state index in [1.807, 2.05) is 24.3 Å². The molecule has 1 heterocycles. The molecule has 0 aliphatic carbocycles. The zero-order chi connectivity index (χ0) is 15.6. The third kappa shape index (κ3) is 3.74. The van der Waals surface area contributed by atoms with Crippen LogP contribution in [-0.4, -0.2) is 57.8 Å². The molecule has 0 radical (unpaired) electrons. The number of carbonyl (C=O) groups is 2. The Labute approximate surface area is 131 Å². The van der Waals surface area contributed by atoms with Crippen LogP contribution in [0.5, 0.6) is 0 Å². The first-order valence-electron chi connectivity index (χ1n) is 6.55. The molecule has 1 fully saturated rings. The molecule has 0 saturated carbocycles. The van der Waals surface area contributed by atoms with E-state index in [0.717, 1.165) is 10.0 Å². The Kier molecular flexibility index (Phi) is 4.84. The van der Waals surface area contributed by atoms with E-state index in [1.165, 1.54) is 9.80 Å². The van der Waals surface area contributed by atoms with Crippen LogP contribution in [0.25, 0.3) is 0 Å².